The largest absolute Gasteiger partial charge is 0.506 e. The van der Waals surface area contributed by atoms with E-state index in [0.717, 1.165) is 5.39 Å². The summed E-state index contributed by atoms with van der Waals surface area (Å²) < 4.78 is 0. The van der Waals surface area contributed by atoms with Crippen molar-refractivity contribution in [2.45, 2.75) is 25.8 Å². The average Bonchev–Trinajstić information content (AvgIpc) is 2.47. The van der Waals surface area contributed by atoms with Gasteiger partial charge in [-0.1, -0.05) is 37.3 Å². The molecule has 2 aromatic carbocycles. The highest BCUT2D eigenvalue weighted by Crippen LogP contribution is 2.28. The van der Waals surface area contributed by atoms with Crippen molar-refractivity contribution in [3.63, 3.8) is 0 Å². The van der Waals surface area contributed by atoms with E-state index in [1.165, 1.54) is 0 Å². The summed E-state index contributed by atoms with van der Waals surface area (Å²) in [4.78, 5) is 12.3. The predicted octanol–water partition coefficient (Wildman–Crippen LogP) is 2.44. The zero-order valence-electron chi connectivity index (χ0n) is 11.7. The summed E-state index contributed by atoms with van der Waals surface area (Å²) >= 11 is 0. The van der Waals surface area contributed by atoms with Crippen LogP contribution in [0, 0.1) is 0 Å². The normalized spacial score (nSPS) is 13.9. The number of phenols is 1. The number of fused-ring (bicyclic) bond motifs is 1. The van der Waals surface area contributed by atoms with Crippen LogP contribution in [0.2, 0.25) is 0 Å². The Morgan fingerprint density at radius 2 is 1.95 bits per heavy atom. The van der Waals surface area contributed by atoms with Crippen LogP contribution in [0.4, 0.5) is 0 Å². The van der Waals surface area contributed by atoms with E-state index in [2.05, 4.69) is 5.32 Å². The maximum atomic E-state index is 12.3. The summed E-state index contributed by atoms with van der Waals surface area (Å²) in [6, 6.07) is 10.7. The number of hydrogen-bond donors (Lipinski definition) is 3. The molecule has 4 nitrogen and oxygen atoms in total. The molecule has 20 heavy (non-hydrogen) atoms. The van der Waals surface area contributed by atoms with Gasteiger partial charge in [0.05, 0.1) is 17.7 Å². The van der Waals surface area contributed by atoms with E-state index >= 15 is 0 Å². The molecule has 0 saturated carbocycles. The predicted molar refractivity (Wildman–Crippen MR) is 78.9 cm³/mol. The first-order valence-corrected chi connectivity index (χ1v) is 6.65. The summed E-state index contributed by atoms with van der Waals surface area (Å²) in [7, 11) is 0. The smallest absolute Gasteiger partial charge is 0.255 e. The lowest BCUT2D eigenvalue weighted by Gasteiger charge is -2.27. The van der Waals surface area contributed by atoms with Gasteiger partial charge in [-0.05, 0) is 24.8 Å². The molecule has 2 rings (SSSR count). The maximum Gasteiger partial charge on any atom is 0.255 e. The molecule has 106 valence electrons. The molecule has 0 aliphatic rings. The quantitative estimate of drug-likeness (QED) is 0.801. The first-order valence-electron chi connectivity index (χ1n) is 6.65. The first-order chi connectivity index (χ1) is 9.50. The fourth-order valence-corrected chi connectivity index (χ4v) is 2.02. The van der Waals surface area contributed by atoms with Crippen LogP contribution in [0.3, 0.4) is 0 Å². The minimum Gasteiger partial charge on any atom is -0.506 e. The lowest BCUT2D eigenvalue weighted by atomic mass is 9.98. The van der Waals surface area contributed by atoms with Crippen LogP contribution in [-0.2, 0) is 0 Å². The number of hydrogen-bond acceptors (Lipinski definition) is 3. The lowest BCUT2D eigenvalue weighted by Crippen LogP contribution is -2.48. The molecule has 2 aromatic rings. The Morgan fingerprint density at radius 3 is 2.60 bits per heavy atom. The van der Waals surface area contributed by atoms with E-state index in [-0.39, 0.29) is 23.8 Å². The fourth-order valence-electron chi connectivity index (χ4n) is 2.02. The summed E-state index contributed by atoms with van der Waals surface area (Å²) in [5, 5.41) is 23.9. The Kier molecular flexibility index (Phi) is 3.95. The number of benzene rings is 2. The highest BCUT2D eigenvalue weighted by molar-refractivity contribution is 6.03. The van der Waals surface area contributed by atoms with Crippen LogP contribution in [0.15, 0.2) is 36.4 Å². The van der Waals surface area contributed by atoms with Gasteiger partial charge in [0.1, 0.15) is 5.75 Å². The molecular weight excluding hydrogens is 254 g/mol. The molecule has 0 fully saturated rings. The molecule has 0 radical (unpaired) electrons. The number of phenolic OH excluding ortho intramolecular Hbond substituents is 1. The molecule has 1 unspecified atom stereocenters. The van der Waals surface area contributed by atoms with Crippen molar-refractivity contribution in [1.29, 1.82) is 0 Å². The number of carbonyl (C=O) groups is 1. The summed E-state index contributed by atoms with van der Waals surface area (Å²) in [5.74, 6) is -0.413. The van der Waals surface area contributed by atoms with Gasteiger partial charge in [-0.2, -0.15) is 0 Å². The van der Waals surface area contributed by atoms with Crippen molar-refractivity contribution in [2.75, 3.05) is 6.61 Å². The van der Waals surface area contributed by atoms with Crippen LogP contribution in [0.25, 0.3) is 10.8 Å². The summed E-state index contributed by atoms with van der Waals surface area (Å²) in [6.45, 7) is 3.50. The van der Waals surface area contributed by atoms with Crippen molar-refractivity contribution in [3.05, 3.63) is 42.0 Å². The summed E-state index contributed by atoms with van der Waals surface area (Å²) in [5.41, 5.74) is -0.466. The second-order valence-electron chi connectivity index (χ2n) is 5.21. The van der Waals surface area contributed by atoms with Crippen molar-refractivity contribution >= 4 is 16.7 Å². The van der Waals surface area contributed by atoms with Crippen molar-refractivity contribution < 1.29 is 15.0 Å². The van der Waals surface area contributed by atoms with E-state index in [1.807, 2.05) is 25.1 Å². The van der Waals surface area contributed by atoms with Gasteiger partial charge in [0, 0.05) is 5.39 Å². The number of amides is 1. The fraction of sp³-hybridized carbons (Fsp3) is 0.312. The molecule has 0 bridgehead atoms. The minimum atomic E-state index is -0.685. The van der Waals surface area contributed by atoms with Crippen LogP contribution in [0.1, 0.15) is 30.6 Å². The lowest BCUT2D eigenvalue weighted by molar-refractivity contribution is 0.0845. The van der Waals surface area contributed by atoms with E-state index in [4.69, 9.17) is 0 Å². The Hall–Kier alpha value is -2.07. The molecule has 0 aliphatic carbocycles. The Morgan fingerprint density at radius 1 is 1.25 bits per heavy atom. The first kappa shape index (κ1) is 14.3. The number of aromatic hydroxyl groups is 1. The van der Waals surface area contributed by atoms with E-state index in [0.29, 0.717) is 11.8 Å². The third-order valence-electron chi connectivity index (χ3n) is 3.69. The third-order valence-corrected chi connectivity index (χ3v) is 3.69. The zero-order chi connectivity index (χ0) is 14.8. The van der Waals surface area contributed by atoms with Gasteiger partial charge in [-0.25, -0.2) is 0 Å². The van der Waals surface area contributed by atoms with Gasteiger partial charge in [0.15, 0.2) is 0 Å². The van der Waals surface area contributed by atoms with Gasteiger partial charge in [0.25, 0.3) is 5.91 Å². The Labute approximate surface area is 118 Å². The topological polar surface area (TPSA) is 69.6 Å². The van der Waals surface area contributed by atoms with Gasteiger partial charge in [0.2, 0.25) is 0 Å². The summed E-state index contributed by atoms with van der Waals surface area (Å²) in [6.07, 6.45) is 0.601. The molecule has 0 saturated heterocycles. The molecule has 3 N–H and O–H groups in total. The Balaban J connectivity index is 2.38. The number of aliphatic hydroxyl groups is 1. The van der Waals surface area contributed by atoms with Crippen molar-refractivity contribution in [2.24, 2.45) is 0 Å². The van der Waals surface area contributed by atoms with Gasteiger partial charge in [-0.15, -0.1) is 0 Å². The highest BCUT2D eigenvalue weighted by Gasteiger charge is 2.25. The number of rotatable bonds is 4. The molecule has 0 aliphatic heterocycles. The molecule has 0 aromatic heterocycles. The molecule has 1 amide bonds. The van der Waals surface area contributed by atoms with Gasteiger partial charge < -0.3 is 15.5 Å². The van der Waals surface area contributed by atoms with Gasteiger partial charge >= 0.3 is 0 Å². The molecule has 1 atom stereocenters. The van der Waals surface area contributed by atoms with Crippen LogP contribution < -0.4 is 5.32 Å². The number of aliphatic hydroxyl groups excluding tert-OH is 1. The molecule has 4 heteroatoms. The highest BCUT2D eigenvalue weighted by atomic mass is 16.3. The monoisotopic (exact) mass is 273 g/mol. The zero-order valence-corrected chi connectivity index (χ0v) is 11.7. The van der Waals surface area contributed by atoms with E-state index < -0.39 is 5.54 Å². The van der Waals surface area contributed by atoms with Crippen LogP contribution in [0.5, 0.6) is 5.75 Å². The van der Waals surface area contributed by atoms with Gasteiger partial charge in [-0.3, -0.25) is 4.79 Å². The SMILES string of the molecule is CCC(C)(CO)NC(=O)c1ccc2ccccc2c1O. The maximum absolute atomic E-state index is 12.3. The molecule has 0 heterocycles. The second kappa shape index (κ2) is 5.51. The third kappa shape index (κ3) is 2.60. The van der Waals surface area contributed by atoms with E-state index in [1.54, 1.807) is 25.1 Å². The number of carbonyl (C=O) groups excluding carboxylic acids is 1. The standard InChI is InChI=1S/C16H19NO3/c1-3-16(2,10-18)17-15(20)13-9-8-11-6-4-5-7-12(11)14(13)19/h4-9,18-19H,3,10H2,1-2H3,(H,17,20). The van der Waals surface area contributed by atoms with Crippen molar-refractivity contribution in [1.82, 2.24) is 5.32 Å². The average molecular weight is 273 g/mol. The van der Waals surface area contributed by atoms with Crippen molar-refractivity contribution in [3.8, 4) is 5.75 Å². The van der Waals surface area contributed by atoms with Crippen LogP contribution in [-0.4, -0.2) is 28.3 Å². The van der Waals surface area contributed by atoms with Crippen LogP contribution >= 0.6 is 0 Å². The van der Waals surface area contributed by atoms with E-state index in [9.17, 15) is 15.0 Å². The molecule has 0 spiro atoms. The Bertz CT molecular complexity index is 633. The minimum absolute atomic E-state index is 0.0306. The second-order valence-corrected chi connectivity index (χ2v) is 5.21. The number of nitrogens with one attached hydrogen (secondary N) is 1. The molecular formula is C16H19NO3.